The van der Waals surface area contributed by atoms with E-state index in [-0.39, 0.29) is 0 Å². The minimum atomic E-state index is 0.428. The lowest BCUT2D eigenvalue weighted by molar-refractivity contribution is 0.407. The van der Waals surface area contributed by atoms with Crippen molar-refractivity contribution in [2.45, 2.75) is 46.5 Å². The highest BCUT2D eigenvalue weighted by Crippen LogP contribution is 2.42. The Kier molecular flexibility index (Phi) is 5.93. The fraction of sp³-hybridized carbons (Fsp3) is 0.429. The highest BCUT2D eigenvalue weighted by molar-refractivity contribution is 7.28. The molecule has 24 heavy (non-hydrogen) atoms. The van der Waals surface area contributed by atoms with Gasteiger partial charge in [-0.25, -0.2) is 0 Å². The summed E-state index contributed by atoms with van der Waals surface area (Å²) >= 11 is 0. The Morgan fingerprint density at radius 3 is 1.67 bits per heavy atom. The molecule has 3 heteroatoms. The number of ether oxygens (including phenoxy) is 2. The average Bonchev–Trinajstić information content (AvgIpc) is 2.53. The molecule has 0 fully saturated rings. The molecular weight excluding hydrogens is 315 g/mol. The first-order valence-electron chi connectivity index (χ1n) is 8.47. The van der Waals surface area contributed by atoms with Crippen molar-refractivity contribution < 1.29 is 9.47 Å². The van der Waals surface area contributed by atoms with E-state index in [1.165, 1.54) is 22.3 Å². The van der Waals surface area contributed by atoms with Crippen molar-refractivity contribution in [1.82, 2.24) is 0 Å². The molecule has 1 atom stereocenters. The highest BCUT2D eigenvalue weighted by atomic mass is 31.0. The Morgan fingerprint density at radius 2 is 1.25 bits per heavy atom. The Morgan fingerprint density at radius 1 is 0.792 bits per heavy atom. The molecule has 1 unspecified atom stereocenters. The molecule has 130 valence electrons. The molecule has 0 radical (unpaired) electrons. The maximum atomic E-state index is 5.71. The van der Waals surface area contributed by atoms with E-state index < -0.39 is 0 Å². The number of hydrogen-bond donors (Lipinski definition) is 0. The second kappa shape index (κ2) is 7.57. The average molecular weight is 344 g/mol. The molecule has 0 aliphatic carbocycles. The summed E-state index contributed by atoms with van der Waals surface area (Å²) in [4.78, 5) is 0. The van der Waals surface area contributed by atoms with Crippen molar-refractivity contribution in [3.8, 4) is 22.6 Å². The van der Waals surface area contributed by atoms with Gasteiger partial charge in [0.1, 0.15) is 11.5 Å². The van der Waals surface area contributed by atoms with Gasteiger partial charge in [0.25, 0.3) is 0 Å². The summed E-state index contributed by atoms with van der Waals surface area (Å²) in [5.41, 5.74) is 6.42. The lowest BCUT2D eigenvalue weighted by Crippen LogP contribution is -2.10. The smallest absolute Gasteiger partial charge is 0.127 e. The SMILES string of the molecule is COc1ccc(OC)c(-c2c(C(C)C)cc(C)cc2C(C)C)c1P. The quantitative estimate of drug-likeness (QED) is 0.674. The molecule has 0 amide bonds. The molecular formula is C21H29O2P. The van der Waals surface area contributed by atoms with Crippen LogP contribution in [0.15, 0.2) is 24.3 Å². The maximum absolute atomic E-state index is 5.71. The second-order valence-electron chi connectivity index (χ2n) is 6.89. The van der Waals surface area contributed by atoms with E-state index in [2.05, 4.69) is 56.0 Å². The third kappa shape index (κ3) is 3.44. The van der Waals surface area contributed by atoms with Crippen LogP contribution in [0.5, 0.6) is 11.5 Å². The monoisotopic (exact) mass is 344 g/mol. The first kappa shape index (κ1) is 18.8. The summed E-state index contributed by atoms with van der Waals surface area (Å²) < 4.78 is 11.3. The van der Waals surface area contributed by atoms with Gasteiger partial charge < -0.3 is 9.47 Å². The number of rotatable bonds is 5. The van der Waals surface area contributed by atoms with Gasteiger partial charge in [0.15, 0.2) is 0 Å². The highest BCUT2D eigenvalue weighted by Gasteiger charge is 2.22. The van der Waals surface area contributed by atoms with Crippen molar-refractivity contribution in [2.24, 2.45) is 0 Å². The van der Waals surface area contributed by atoms with E-state index in [1.54, 1.807) is 14.2 Å². The van der Waals surface area contributed by atoms with Gasteiger partial charge in [-0.3, -0.25) is 0 Å². The number of aryl methyl sites for hydroxylation is 1. The minimum Gasteiger partial charge on any atom is -0.496 e. The first-order chi connectivity index (χ1) is 11.3. The molecule has 2 nitrogen and oxygen atoms in total. The van der Waals surface area contributed by atoms with Gasteiger partial charge in [-0.1, -0.05) is 45.4 Å². The third-order valence-electron chi connectivity index (χ3n) is 4.44. The summed E-state index contributed by atoms with van der Waals surface area (Å²) in [6, 6.07) is 8.56. The molecule has 0 heterocycles. The second-order valence-corrected chi connectivity index (χ2v) is 7.46. The van der Waals surface area contributed by atoms with Gasteiger partial charge in [0.2, 0.25) is 0 Å². The largest absolute Gasteiger partial charge is 0.496 e. The Bertz CT molecular complexity index is 704. The van der Waals surface area contributed by atoms with Crippen molar-refractivity contribution in [2.75, 3.05) is 14.2 Å². The van der Waals surface area contributed by atoms with E-state index >= 15 is 0 Å². The van der Waals surface area contributed by atoms with Gasteiger partial charge in [-0.05, 0) is 47.6 Å². The number of methoxy groups -OCH3 is 2. The predicted octanol–water partition coefficient (Wildman–Crippen LogP) is 5.43. The fourth-order valence-corrected chi connectivity index (χ4v) is 3.73. The van der Waals surface area contributed by atoms with Crippen LogP contribution in [0, 0.1) is 6.92 Å². The van der Waals surface area contributed by atoms with Crippen LogP contribution in [0.25, 0.3) is 11.1 Å². The Balaban J connectivity index is 2.95. The van der Waals surface area contributed by atoms with Gasteiger partial charge in [0.05, 0.1) is 14.2 Å². The minimum absolute atomic E-state index is 0.428. The molecule has 0 aromatic heterocycles. The molecule has 0 saturated carbocycles. The van der Waals surface area contributed by atoms with Gasteiger partial charge in [-0.2, -0.15) is 0 Å². The summed E-state index contributed by atoms with van der Waals surface area (Å²) in [7, 11) is 6.28. The van der Waals surface area contributed by atoms with Gasteiger partial charge >= 0.3 is 0 Å². The summed E-state index contributed by atoms with van der Waals surface area (Å²) in [6.07, 6.45) is 0. The maximum Gasteiger partial charge on any atom is 0.127 e. The fourth-order valence-electron chi connectivity index (χ4n) is 3.23. The van der Waals surface area contributed by atoms with E-state index in [9.17, 15) is 0 Å². The van der Waals surface area contributed by atoms with E-state index in [0.717, 1.165) is 22.4 Å². The molecule has 0 aliphatic heterocycles. The van der Waals surface area contributed by atoms with E-state index in [1.807, 2.05) is 12.1 Å². The zero-order valence-corrected chi connectivity index (χ0v) is 17.0. The first-order valence-corrected chi connectivity index (χ1v) is 9.04. The third-order valence-corrected chi connectivity index (χ3v) is 5.02. The molecule has 0 bridgehead atoms. The predicted molar refractivity (Wildman–Crippen MR) is 107 cm³/mol. The molecule has 0 spiro atoms. The topological polar surface area (TPSA) is 18.5 Å². The Labute approximate surface area is 148 Å². The van der Waals surface area contributed by atoms with Crippen LogP contribution >= 0.6 is 9.24 Å². The van der Waals surface area contributed by atoms with Gasteiger partial charge in [-0.15, -0.1) is 9.24 Å². The Hall–Kier alpha value is -1.53. The lowest BCUT2D eigenvalue weighted by Gasteiger charge is -2.24. The van der Waals surface area contributed by atoms with Crippen LogP contribution in [0.2, 0.25) is 0 Å². The molecule has 2 rings (SSSR count). The van der Waals surface area contributed by atoms with Crippen LogP contribution in [-0.4, -0.2) is 14.2 Å². The zero-order valence-electron chi connectivity index (χ0n) is 15.9. The van der Waals surface area contributed by atoms with Crippen LogP contribution in [0.1, 0.15) is 56.2 Å². The van der Waals surface area contributed by atoms with E-state index in [0.29, 0.717) is 11.8 Å². The van der Waals surface area contributed by atoms with E-state index in [4.69, 9.17) is 9.47 Å². The summed E-state index contributed by atoms with van der Waals surface area (Å²) in [5, 5.41) is 1.05. The van der Waals surface area contributed by atoms with Crippen LogP contribution < -0.4 is 14.8 Å². The normalized spacial score (nSPS) is 11.2. The summed E-state index contributed by atoms with van der Waals surface area (Å²) in [5.74, 6) is 2.60. The van der Waals surface area contributed by atoms with Crippen LogP contribution in [0.3, 0.4) is 0 Å². The molecule has 0 aliphatic rings. The number of hydrogen-bond acceptors (Lipinski definition) is 2. The molecule has 2 aromatic carbocycles. The molecule has 0 saturated heterocycles. The molecule has 0 N–H and O–H groups in total. The van der Waals surface area contributed by atoms with Crippen molar-refractivity contribution in [3.63, 3.8) is 0 Å². The van der Waals surface area contributed by atoms with Crippen molar-refractivity contribution in [1.29, 1.82) is 0 Å². The lowest BCUT2D eigenvalue weighted by atomic mass is 9.83. The van der Waals surface area contributed by atoms with Crippen molar-refractivity contribution in [3.05, 3.63) is 41.0 Å². The van der Waals surface area contributed by atoms with Crippen LogP contribution in [0.4, 0.5) is 0 Å². The van der Waals surface area contributed by atoms with Crippen molar-refractivity contribution >= 4 is 14.5 Å². The standard InChI is InChI=1S/C21H29O2P/c1-12(2)15-10-14(5)11-16(13(3)4)19(15)20-17(22-6)8-9-18(23-7)21(20)24/h8-13H,24H2,1-7H3. The van der Waals surface area contributed by atoms with Crippen LogP contribution in [-0.2, 0) is 0 Å². The van der Waals surface area contributed by atoms with Gasteiger partial charge in [0, 0.05) is 10.9 Å². The molecule has 2 aromatic rings. The summed E-state index contributed by atoms with van der Waals surface area (Å²) in [6.45, 7) is 11.2. The number of benzene rings is 2. The zero-order chi connectivity index (χ0) is 18.0.